The predicted octanol–water partition coefficient (Wildman–Crippen LogP) is 7.28. The SMILES string of the molecule is CC(C)c1ccc(-n2[c-][n+]3c4c(cccc42)Oc2ccc[c-]c2-3)cc1.[Ir+3].[c-]1ccccc1-c1ccccn1. The van der Waals surface area contributed by atoms with E-state index in [-0.39, 0.29) is 20.1 Å². The zero-order chi connectivity index (χ0) is 25.2. The summed E-state index contributed by atoms with van der Waals surface area (Å²) in [5, 5.41) is 0. The molecule has 0 fully saturated rings. The van der Waals surface area contributed by atoms with Gasteiger partial charge in [-0.25, -0.2) is 0 Å². The van der Waals surface area contributed by atoms with Crippen LogP contribution in [-0.2, 0) is 20.1 Å². The van der Waals surface area contributed by atoms with E-state index in [1.54, 1.807) is 6.20 Å². The van der Waals surface area contributed by atoms with Crippen LogP contribution in [0.15, 0.2) is 109 Å². The number of nitrogens with zero attached hydrogens (tertiary/aromatic N) is 3. The Bertz CT molecular complexity index is 1620. The van der Waals surface area contributed by atoms with Crippen molar-refractivity contribution in [3.8, 4) is 34.1 Å². The Morgan fingerprint density at radius 1 is 0.789 bits per heavy atom. The van der Waals surface area contributed by atoms with Gasteiger partial charge >= 0.3 is 20.1 Å². The molecule has 0 saturated heterocycles. The van der Waals surface area contributed by atoms with Crippen LogP contribution in [-0.4, -0.2) is 9.55 Å². The third-order valence-corrected chi connectivity index (χ3v) is 6.35. The van der Waals surface area contributed by atoms with Crippen LogP contribution < -0.4 is 9.30 Å². The van der Waals surface area contributed by atoms with Crippen molar-refractivity contribution in [2.45, 2.75) is 19.8 Å². The van der Waals surface area contributed by atoms with Crippen LogP contribution in [0, 0.1) is 18.5 Å². The monoisotopic (exact) mass is 672 g/mol. The van der Waals surface area contributed by atoms with Gasteiger partial charge in [0, 0.05) is 11.9 Å². The molecule has 1 aliphatic heterocycles. The van der Waals surface area contributed by atoms with Crippen molar-refractivity contribution in [3.05, 3.63) is 133 Å². The fourth-order valence-corrected chi connectivity index (χ4v) is 4.43. The van der Waals surface area contributed by atoms with Crippen LogP contribution in [0.5, 0.6) is 11.5 Å². The molecule has 4 nitrogen and oxygen atoms in total. The van der Waals surface area contributed by atoms with Crippen molar-refractivity contribution in [1.29, 1.82) is 0 Å². The summed E-state index contributed by atoms with van der Waals surface area (Å²) in [4.78, 5) is 4.22. The van der Waals surface area contributed by atoms with Gasteiger partial charge < -0.3 is 14.3 Å². The summed E-state index contributed by atoms with van der Waals surface area (Å²) in [7, 11) is 0. The van der Waals surface area contributed by atoms with Crippen molar-refractivity contribution in [2.75, 3.05) is 0 Å². The molecular weight excluding hydrogens is 647 g/mol. The van der Waals surface area contributed by atoms with Crippen LogP contribution >= 0.6 is 0 Å². The second-order valence-corrected chi connectivity index (χ2v) is 9.12. The fraction of sp³-hybridized carbons (Fsp3) is 0.0909. The number of hydrogen-bond acceptors (Lipinski definition) is 2. The number of ether oxygens (including phenoxy) is 1. The van der Waals surface area contributed by atoms with E-state index in [0.717, 1.165) is 45.2 Å². The first kappa shape index (κ1) is 25.6. The maximum atomic E-state index is 6.06. The van der Waals surface area contributed by atoms with Gasteiger partial charge in [0.1, 0.15) is 11.3 Å². The van der Waals surface area contributed by atoms with Crippen molar-refractivity contribution in [3.63, 3.8) is 0 Å². The molecule has 0 unspecified atom stereocenters. The maximum absolute atomic E-state index is 6.06. The number of imidazole rings is 1. The summed E-state index contributed by atoms with van der Waals surface area (Å²) in [6.07, 6.45) is 5.26. The quantitative estimate of drug-likeness (QED) is 0.146. The van der Waals surface area contributed by atoms with Crippen LogP contribution in [0.4, 0.5) is 0 Å². The van der Waals surface area contributed by atoms with Crippen LogP contribution in [0.1, 0.15) is 25.3 Å². The normalized spacial score (nSPS) is 11.1. The predicted molar refractivity (Wildman–Crippen MR) is 145 cm³/mol. The van der Waals surface area contributed by atoms with E-state index < -0.39 is 0 Å². The molecule has 38 heavy (non-hydrogen) atoms. The van der Waals surface area contributed by atoms with Crippen LogP contribution in [0.25, 0.3) is 33.7 Å². The zero-order valence-corrected chi connectivity index (χ0v) is 23.4. The molecule has 0 radical (unpaired) electrons. The summed E-state index contributed by atoms with van der Waals surface area (Å²) < 4.78 is 10.2. The van der Waals surface area contributed by atoms with E-state index in [2.05, 4.69) is 72.2 Å². The summed E-state index contributed by atoms with van der Waals surface area (Å²) >= 11 is 0. The van der Waals surface area contributed by atoms with Crippen LogP contribution in [0.2, 0.25) is 0 Å². The summed E-state index contributed by atoms with van der Waals surface area (Å²) in [5.41, 5.74) is 7.41. The number of aromatic nitrogens is 3. The van der Waals surface area contributed by atoms with Gasteiger partial charge in [-0.15, -0.1) is 42.0 Å². The minimum Gasteiger partial charge on any atom is -0.523 e. The van der Waals surface area contributed by atoms with E-state index in [1.807, 2.05) is 77.4 Å². The molecule has 0 saturated carbocycles. The third kappa shape index (κ3) is 4.91. The van der Waals surface area contributed by atoms with E-state index in [0.29, 0.717) is 5.92 Å². The molecule has 2 aromatic heterocycles. The molecule has 0 spiro atoms. The van der Waals surface area contributed by atoms with Crippen molar-refractivity contribution >= 4 is 11.0 Å². The Morgan fingerprint density at radius 3 is 2.32 bits per heavy atom. The number of fused-ring (bicyclic) bond motifs is 2. The van der Waals surface area contributed by atoms with Crippen LogP contribution in [0.3, 0.4) is 0 Å². The van der Waals surface area contributed by atoms with Gasteiger partial charge in [0.25, 0.3) is 6.33 Å². The smallest absolute Gasteiger partial charge is 0.523 e. The number of hydrogen-bond donors (Lipinski definition) is 0. The van der Waals surface area contributed by atoms with Crippen molar-refractivity contribution in [1.82, 2.24) is 9.55 Å². The minimum absolute atomic E-state index is 0. The number of rotatable bonds is 3. The average molecular weight is 672 g/mol. The first-order chi connectivity index (χ1) is 18.2. The molecular formula is C33H25IrN3O+. The average Bonchev–Trinajstić information content (AvgIpc) is 3.36. The van der Waals surface area contributed by atoms with Gasteiger partial charge in [-0.3, -0.25) is 4.57 Å². The maximum Gasteiger partial charge on any atom is 3.00 e. The first-order valence-electron chi connectivity index (χ1n) is 12.4. The fourth-order valence-electron chi connectivity index (χ4n) is 4.43. The molecule has 7 rings (SSSR count). The molecule has 4 aromatic carbocycles. The molecule has 0 atom stereocenters. The van der Waals surface area contributed by atoms with E-state index in [4.69, 9.17) is 4.74 Å². The first-order valence-corrected chi connectivity index (χ1v) is 12.4. The molecule has 6 aromatic rings. The van der Waals surface area contributed by atoms with Gasteiger partial charge in [0.2, 0.25) is 0 Å². The summed E-state index contributed by atoms with van der Waals surface area (Å²) in [6.45, 7) is 4.41. The Hall–Kier alpha value is -4.05. The molecule has 0 aliphatic carbocycles. The molecule has 186 valence electrons. The Balaban J connectivity index is 0.000000191. The largest absolute Gasteiger partial charge is 3.00 e. The second kappa shape index (κ2) is 11.1. The molecule has 5 heteroatoms. The zero-order valence-electron chi connectivity index (χ0n) is 21.1. The summed E-state index contributed by atoms with van der Waals surface area (Å²) in [6, 6.07) is 40.7. The molecule has 3 heterocycles. The number of para-hydroxylation sites is 2. The van der Waals surface area contributed by atoms with Gasteiger partial charge in [0.15, 0.2) is 0 Å². The van der Waals surface area contributed by atoms with Crippen molar-refractivity contribution < 1.29 is 29.4 Å². The number of benzene rings is 4. The Labute approximate surface area is 236 Å². The molecule has 1 aliphatic rings. The van der Waals surface area contributed by atoms with Gasteiger partial charge in [-0.1, -0.05) is 50.2 Å². The molecule has 0 N–H and O–H groups in total. The third-order valence-electron chi connectivity index (χ3n) is 6.35. The second-order valence-electron chi connectivity index (χ2n) is 9.12. The van der Waals surface area contributed by atoms with Gasteiger partial charge in [-0.2, -0.15) is 18.2 Å². The van der Waals surface area contributed by atoms with Gasteiger partial charge in [-0.05, 0) is 47.1 Å². The molecule has 0 amide bonds. The van der Waals surface area contributed by atoms with E-state index >= 15 is 0 Å². The minimum atomic E-state index is 0. The standard InChI is InChI=1S/C22H17N2O.C11H8N.Ir/c1-15(2)16-10-12-17(13-11-16)23-14-24-18-6-3-4-8-20(18)25-21-9-5-7-19(23)22(21)24;1-2-6-10(7-3-1)11-8-4-5-9-12-11;/h3-5,7-13,15H,1-2H3;1-6,8-9H;/q2*-1;+3. The van der Waals surface area contributed by atoms with E-state index in [9.17, 15) is 0 Å². The Kier molecular flexibility index (Phi) is 7.50. The topological polar surface area (TPSA) is 30.9 Å². The van der Waals surface area contributed by atoms with Crippen molar-refractivity contribution in [2.24, 2.45) is 0 Å². The van der Waals surface area contributed by atoms with E-state index in [1.165, 1.54) is 5.56 Å². The Morgan fingerprint density at radius 2 is 1.58 bits per heavy atom. The van der Waals surface area contributed by atoms with Gasteiger partial charge in [0.05, 0.1) is 11.2 Å². The summed E-state index contributed by atoms with van der Waals surface area (Å²) in [5.74, 6) is 2.17. The number of pyridine rings is 1. The molecule has 0 bridgehead atoms.